The van der Waals surface area contributed by atoms with E-state index in [0.29, 0.717) is 6.61 Å². The number of benzene rings is 1. The van der Waals surface area contributed by atoms with Crippen LogP contribution in [-0.4, -0.2) is 12.5 Å². The van der Waals surface area contributed by atoms with E-state index in [1.54, 1.807) is 0 Å². The number of carbonyl (C=O) groups excluding carboxylic acids is 1. The largest absolute Gasteiger partial charge is 0.273 e. The molecule has 0 atom stereocenters. The van der Waals surface area contributed by atoms with Crippen LogP contribution in [0.1, 0.15) is 19.4 Å². The third kappa shape index (κ3) is 4.48. The number of hydrogen-bond donors (Lipinski definition) is 1. The van der Waals surface area contributed by atoms with Crippen LogP contribution in [-0.2, 0) is 16.1 Å². The van der Waals surface area contributed by atoms with Crippen LogP contribution in [0.25, 0.3) is 0 Å². The Kier molecular flexibility index (Phi) is 5.03. The lowest BCUT2D eigenvalue weighted by atomic mass is 10.1. The van der Waals surface area contributed by atoms with Crippen LogP contribution in [0, 0.1) is 17.6 Å². The number of hydroxylamine groups is 1. The zero-order valence-corrected chi connectivity index (χ0v) is 9.80. The predicted molar refractivity (Wildman–Crippen MR) is 59.0 cm³/mol. The molecule has 5 heteroatoms. The lowest BCUT2D eigenvalue weighted by Crippen LogP contribution is -2.27. The summed E-state index contributed by atoms with van der Waals surface area (Å²) in [7, 11) is 0. The Hall–Kier alpha value is -1.49. The van der Waals surface area contributed by atoms with Gasteiger partial charge in [0.15, 0.2) is 11.6 Å². The quantitative estimate of drug-likeness (QED) is 0.805. The van der Waals surface area contributed by atoms with Crippen molar-refractivity contribution in [2.45, 2.75) is 20.3 Å². The van der Waals surface area contributed by atoms with Crippen molar-refractivity contribution in [2.75, 3.05) is 6.61 Å². The van der Waals surface area contributed by atoms with Gasteiger partial charge in [-0.15, -0.1) is 0 Å². The maximum atomic E-state index is 13.2. The molecule has 0 spiro atoms. The molecular formula is C12H15F2NO2. The molecule has 0 saturated carbocycles. The van der Waals surface area contributed by atoms with E-state index in [4.69, 9.17) is 4.84 Å². The normalized spacial score (nSPS) is 10.6. The average Bonchev–Trinajstić information content (AvgIpc) is 2.24. The van der Waals surface area contributed by atoms with E-state index in [1.165, 1.54) is 12.1 Å². The number of rotatable bonds is 5. The molecule has 0 aliphatic rings. The van der Waals surface area contributed by atoms with Crippen molar-refractivity contribution in [3.05, 3.63) is 35.4 Å². The standard InChI is InChI=1S/C12H15F2NO2/c1-8(2)7-17-15-11(16)6-9-4-3-5-10(13)12(9)14/h3-5,8H,6-7H2,1-2H3,(H,15,16). The van der Waals surface area contributed by atoms with Crippen LogP contribution >= 0.6 is 0 Å². The summed E-state index contributed by atoms with van der Waals surface area (Å²) < 4.78 is 26.1. The molecule has 17 heavy (non-hydrogen) atoms. The summed E-state index contributed by atoms with van der Waals surface area (Å²) in [5.41, 5.74) is 2.19. The van der Waals surface area contributed by atoms with E-state index in [0.717, 1.165) is 6.07 Å². The number of amides is 1. The van der Waals surface area contributed by atoms with Crippen LogP contribution in [0.2, 0.25) is 0 Å². The van der Waals surface area contributed by atoms with E-state index < -0.39 is 17.5 Å². The minimum Gasteiger partial charge on any atom is -0.273 e. The maximum absolute atomic E-state index is 13.2. The molecule has 0 aliphatic heterocycles. The summed E-state index contributed by atoms with van der Waals surface area (Å²) >= 11 is 0. The van der Waals surface area contributed by atoms with Crippen LogP contribution in [0.3, 0.4) is 0 Å². The van der Waals surface area contributed by atoms with Gasteiger partial charge in [0, 0.05) is 5.56 Å². The van der Waals surface area contributed by atoms with Gasteiger partial charge in [-0.25, -0.2) is 14.3 Å². The number of carbonyl (C=O) groups is 1. The summed E-state index contributed by atoms with van der Waals surface area (Å²) in [6.07, 6.45) is -0.248. The van der Waals surface area contributed by atoms with Gasteiger partial charge in [0.1, 0.15) is 0 Å². The average molecular weight is 243 g/mol. The summed E-state index contributed by atoms with van der Waals surface area (Å²) in [4.78, 5) is 16.2. The Morgan fingerprint density at radius 1 is 1.41 bits per heavy atom. The van der Waals surface area contributed by atoms with Gasteiger partial charge < -0.3 is 0 Å². The van der Waals surface area contributed by atoms with Crippen molar-refractivity contribution >= 4 is 5.91 Å². The van der Waals surface area contributed by atoms with Crippen molar-refractivity contribution < 1.29 is 18.4 Å². The number of halogens is 2. The van der Waals surface area contributed by atoms with Crippen molar-refractivity contribution in [3.8, 4) is 0 Å². The third-order valence-corrected chi connectivity index (χ3v) is 1.99. The van der Waals surface area contributed by atoms with E-state index in [2.05, 4.69) is 5.48 Å². The first-order valence-electron chi connectivity index (χ1n) is 5.34. The van der Waals surface area contributed by atoms with E-state index in [1.807, 2.05) is 13.8 Å². The summed E-state index contributed by atoms with van der Waals surface area (Å²) in [6.45, 7) is 4.23. The highest BCUT2D eigenvalue weighted by atomic mass is 19.2. The van der Waals surface area contributed by atoms with Crippen molar-refractivity contribution in [2.24, 2.45) is 5.92 Å². The van der Waals surface area contributed by atoms with Gasteiger partial charge in [0.2, 0.25) is 5.91 Å². The fourth-order valence-corrected chi connectivity index (χ4v) is 1.18. The molecular weight excluding hydrogens is 228 g/mol. The zero-order valence-electron chi connectivity index (χ0n) is 9.80. The Morgan fingerprint density at radius 3 is 2.76 bits per heavy atom. The van der Waals surface area contributed by atoms with Crippen molar-refractivity contribution in [1.82, 2.24) is 5.48 Å². The van der Waals surface area contributed by atoms with Gasteiger partial charge in [-0.05, 0) is 12.0 Å². The predicted octanol–water partition coefficient (Wildman–Crippen LogP) is 2.21. The molecule has 3 nitrogen and oxygen atoms in total. The molecule has 0 bridgehead atoms. The summed E-state index contributed by atoms with van der Waals surface area (Å²) in [6, 6.07) is 3.72. The highest BCUT2D eigenvalue weighted by Gasteiger charge is 2.11. The first-order valence-corrected chi connectivity index (χ1v) is 5.34. The number of hydrogen-bond acceptors (Lipinski definition) is 2. The Bertz CT molecular complexity index is 394. The van der Waals surface area contributed by atoms with Crippen molar-refractivity contribution in [3.63, 3.8) is 0 Å². The Morgan fingerprint density at radius 2 is 2.12 bits per heavy atom. The maximum Gasteiger partial charge on any atom is 0.248 e. The first-order chi connectivity index (χ1) is 8.00. The molecule has 0 saturated heterocycles. The molecule has 1 N–H and O–H groups in total. The van der Waals surface area contributed by atoms with Crippen LogP contribution in [0.4, 0.5) is 8.78 Å². The molecule has 0 radical (unpaired) electrons. The minimum atomic E-state index is -0.994. The second kappa shape index (κ2) is 6.30. The van der Waals surface area contributed by atoms with E-state index in [9.17, 15) is 13.6 Å². The molecule has 1 rings (SSSR count). The highest BCUT2D eigenvalue weighted by Crippen LogP contribution is 2.11. The zero-order chi connectivity index (χ0) is 12.8. The molecule has 0 heterocycles. The van der Waals surface area contributed by atoms with Crippen LogP contribution < -0.4 is 5.48 Å². The second-order valence-corrected chi connectivity index (χ2v) is 4.12. The van der Waals surface area contributed by atoms with Gasteiger partial charge in [-0.2, -0.15) is 0 Å². The lowest BCUT2D eigenvalue weighted by molar-refractivity contribution is -0.133. The minimum absolute atomic E-state index is 0.00986. The fourth-order valence-electron chi connectivity index (χ4n) is 1.18. The molecule has 1 aromatic carbocycles. The monoisotopic (exact) mass is 243 g/mol. The Balaban J connectivity index is 2.48. The van der Waals surface area contributed by atoms with E-state index in [-0.39, 0.29) is 17.9 Å². The molecule has 1 aromatic rings. The molecule has 0 aliphatic carbocycles. The summed E-state index contributed by atoms with van der Waals surface area (Å²) in [5, 5.41) is 0. The van der Waals surface area contributed by atoms with Gasteiger partial charge in [0.25, 0.3) is 0 Å². The van der Waals surface area contributed by atoms with Gasteiger partial charge in [-0.3, -0.25) is 9.63 Å². The molecule has 0 fully saturated rings. The molecule has 1 amide bonds. The van der Waals surface area contributed by atoms with Gasteiger partial charge in [-0.1, -0.05) is 26.0 Å². The topological polar surface area (TPSA) is 38.3 Å². The number of nitrogens with one attached hydrogen (secondary N) is 1. The molecule has 94 valence electrons. The van der Waals surface area contributed by atoms with Gasteiger partial charge in [0.05, 0.1) is 13.0 Å². The molecule has 0 unspecified atom stereocenters. The highest BCUT2D eigenvalue weighted by molar-refractivity contribution is 5.77. The fraction of sp³-hybridized carbons (Fsp3) is 0.417. The lowest BCUT2D eigenvalue weighted by Gasteiger charge is -2.08. The van der Waals surface area contributed by atoms with E-state index >= 15 is 0 Å². The van der Waals surface area contributed by atoms with Crippen molar-refractivity contribution in [1.29, 1.82) is 0 Å². The SMILES string of the molecule is CC(C)CONC(=O)Cc1cccc(F)c1F. The van der Waals surface area contributed by atoms with Crippen LogP contribution in [0.5, 0.6) is 0 Å². The molecule has 0 aromatic heterocycles. The summed E-state index contributed by atoms with van der Waals surface area (Å²) in [5.74, 6) is -2.18. The smallest absolute Gasteiger partial charge is 0.248 e. The van der Waals surface area contributed by atoms with Crippen LogP contribution in [0.15, 0.2) is 18.2 Å². The van der Waals surface area contributed by atoms with Gasteiger partial charge >= 0.3 is 0 Å². The second-order valence-electron chi connectivity index (χ2n) is 4.12. The Labute approximate surface area is 98.7 Å². The first kappa shape index (κ1) is 13.6. The third-order valence-electron chi connectivity index (χ3n) is 1.99.